The molecule has 0 aliphatic heterocycles. The van der Waals surface area contributed by atoms with Crippen molar-refractivity contribution in [3.05, 3.63) is 36.2 Å². The Hall–Kier alpha value is -1.80. The normalized spacial score (nSPS) is 11.6. The highest BCUT2D eigenvalue weighted by molar-refractivity contribution is 7.89. The molecule has 7 nitrogen and oxygen atoms in total. The van der Waals surface area contributed by atoms with Gasteiger partial charge in [-0.25, -0.2) is 13.1 Å². The van der Waals surface area contributed by atoms with Crippen LogP contribution in [0.15, 0.2) is 33.9 Å². The lowest BCUT2D eigenvalue weighted by Gasteiger charge is -2.02. The molecule has 2 aromatic heterocycles. The van der Waals surface area contributed by atoms with Crippen molar-refractivity contribution in [1.29, 1.82) is 0 Å². The molecule has 2 heterocycles. The van der Waals surface area contributed by atoms with Crippen LogP contribution >= 0.6 is 0 Å². The van der Waals surface area contributed by atoms with Gasteiger partial charge in [0.15, 0.2) is 5.82 Å². The lowest BCUT2D eigenvalue weighted by Crippen LogP contribution is -2.23. The number of nitrogens with one attached hydrogen (secondary N) is 1. The van der Waals surface area contributed by atoms with E-state index in [2.05, 4.69) is 19.8 Å². The minimum absolute atomic E-state index is 0.0436. The number of rotatable bonds is 4. The fraction of sp³-hybridized carbons (Fsp3) is 0.222. The zero-order valence-corrected chi connectivity index (χ0v) is 9.81. The first-order valence-electron chi connectivity index (χ1n) is 4.77. The van der Waals surface area contributed by atoms with Gasteiger partial charge in [0, 0.05) is 12.4 Å². The van der Waals surface area contributed by atoms with Gasteiger partial charge >= 0.3 is 0 Å². The summed E-state index contributed by atoms with van der Waals surface area (Å²) in [4.78, 5) is 7.72. The molecule has 0 radical (unpaired) electrons. The van der Waals surface area contributed by atoms with Crippen LogP contribution in [0.2, 0.25) is 0 Å². The molecule has 1 N–H and O–H groups in total. The summed E-state index contributed by atoms with van der Waals surface area (Å²) in [6, 6.07) is 3.00. The molecule has 2 aromatic rings. The second-order valence-electron chi connectivity index (χ2n) is 3.25. The Kier molecular flexibility index (Phi) is 3.16. The molecular formula is C9H10N4O3S. The van der Waals surface area contributed by atoms with Crippen LogP contribution in [-0.2, 0) is 16.6 Å². The third kappa shape index (κ3) is 2.86. The van der Waals surface area contributed by atoms with Crippen LogP contribution in [0.4, 0.5) is 0 Å². The van der Waals surface area contributed by atoms with Crippen LogP contribution in [0.5, 0.6) is 0 Å². The maximum Gasteiger partial charge on any atom is 0.242 e. The predicted molar refractivity (Wildman–Crippen MR) is 57.3 cm³/mol. The molecule has 0 unspecified atom stereocenters. The smallest absolute Gasteiger partial charge is 0.242 e. The Balaban J connectivity index is 2.09. The summed E-state index contributed by atoms with van der Waals surface area (Å²) in [6.45, 7) is 1.61. The van der Waals surface area contributed by atoms with Gasteiger partial charge in [0.1, 0.15) is 4.90 Å². The van der Waals surface area contributed by atoms with Crippen molar-refractivity contribution in [3.8, 4) is 0 Å². The van der Waals surface area contributed by atoms with E-state index < -0.39 is 10.0 Å². The van der Waals surface area contributed by atoms with E-state index in [4.69, 9.17) is 4.52 Å². The van der Waals surface area contributed by atoms with Gasteiger partial charge in [0.25, 0.3) is 0 Å². The highest BCUT2D eigenvalue weighted by atomic mass is 32.2. The first kappa shape index (κ1) is 11.7. The largest absolute Gasteiger partial charge is 0.338 e. The number of pyridine rings is 1. The Labute approximate surface area is 97.9 Å². The third-order valence-corrected chi connectivity index (χ3v) is 3.31. The van der Waals surface area contributed by atoms with E-state index in [9.17, 15) is 8.42 Å². The van der Waals surface area contributed by atoms with E-state index in [0.717, 1.165) is 0 Å². The molecule has 0 aromatic carbocycles. The lowest BCUT2D eigenvalue weighted by molar-refractivity contribution is 0.372. The summed E-state index contributed by atoms with van der Waals surface area (Å²) in [5.41, 5.74) is 0. The summed E-state index contributed by atoms with van der Waals surface area (Å²) in [5, 5.41) is 3.56. The molecule has 0 saturated heterocycles. The van der Waals surface area contributed by atoms with Gasteiger partial charge in [-0.15, -0.1) is 0 Å². The predicted octanol–water partition coefficient (Wildman–Crippen LogP) is 0.252. The molecular weight excluding hydrogens is 244 g/mol. The van der Waals surface area contributed by atoms with E-state index in [1.165, 1.54) is 18.5 Å². The van der Waals surface area contributed by atoms with Crippen molar-refractivity contribution in [2.45, 2.75) is 18.4 Å². The van der Waals surface area contributed by atoms with Gasteiger partial charge in [-0.05, 0) is 19.1 Å². The van der Waals surface area contributed by atoms with Crippen molar-refractivity contribution in [1.82, 2.24) is 19.8 Å². The maximum atomic E-state index is 11.8. The van der Waals surface area contributed by atoms with Gasteiger partial charge < -0.3 is 4.52 Å². The number of aryl methyl sites for hydroxylation is 1. The van der Waals surface area contributed by atoms with Crippen molar-refractivity contribution >= 4 is 10.0 Å². The Morgan fingerprint density at radius 3 is 2.88 bits per heavy atom. The fourth-order valence-electron chi connectivity index (χ4n) is 1.16. The molecule has 0 atom stereocenters. The molecule has 2 rings (SSSR count). The lowest BCUT2D eigenvalue weighted by atomic mass is 10.5. The van der Waals surface area contributed by atoms with Crippen molar-refractivity contribution in [2.24, 2.45) is 0 Å². The highest BCUT2D eigenvalue weighted by Crippen LogP contribution is 2.06. The van der Waals surface area contributed by atoms with Crippen LogP contribution in [0.1, 0.15) is 11.7 Å². The molecule has 0 spiro atoms. The number of sulfonamides is 1. The molecule has 0 aliphatic carbocycles. The zero-order chi connectivity index (χ0) is 12.3. The van der Waals surface area contributed by atoms with E-state index >= 15 is 0 Å². The van der Waals surface area contributed by atoms with E-state index in [-0.39, 0.29) is 17.3 Å². The quantitative estimate of drug-likeness (QED) is 0.839. The van der Waals surface area contributed by atoms with Gasteiger partial charge in [0.2, 0.25) is 15.9 Å². The average Bonchev–Trinajstić information content (AvgIpc) is 2.74. The van der Waals surface area contributed by atoms with Crippen molar-refractivity contribution in [3.63, 3.8) is 0 Å². The monoisotopic (exact) mass is 254 g/mol. The van der Waals surface area contributed by atoms with E-state index in [1.807, 2.05) is 0 Å². The standard InChI is InChI=1S/C9H10N4O3S/c1-7-12-9(16-13-7)6-11-17(14,15)8-3-2-4-10-5-8/h2-5,11H,6H2,1H3. The molecule has 90 valence electrons. The summed E-state index contributed by atoms with van der Waals surface area (Å²) in [7, 11) is -3.59. The Morgan fingerprint density at radius 1 is 1.47 bits per heavy atom. The third-order valence-electron chi connectivity index (χ3n) is 1.93. The second kappa shape index (κ2) is 4.60. The minimum atomic E-state index is -3.59. The number of hydrogen-bond donors (Lipinski definition) is 1. The van der Waals surface area contributed by atoms with E-state index in [1.54, 1.807) is 13.0 Å². The summed E-state index contributed by atoms with van der Waals surface area (Å²) in [5.74, 6) is 0.676. The van der Waals surface area contributed by atoms with Gasteiger partial charge in [-0.1, -0.05) is 5.16 Å². The molecule has 0 saturated carbocycles. The molecule has 0 amide bonds. The Morgan fingerprint density at radius 2 is 2.29 bits per heavy atom. The highest BCUT2D eigenvalue weighted by Gasteiger charge is 2.15. The van der Waals surface area contributed by atoms with Gasteiger partial charge in [0.05, 0.1) is 6.54 Å². The minimum Gasteiger partial charge on any atom is -0.338 e. The van der Waals surface area contributed by atoms with Crippen LogP contribution in [-0.4, -0.2) is 23.5 Å². The summed E-state index contributed by atoms with van der Waals surface area (Å²) in [6.07, 6.45) is 2.77. The van der Waals surface area contributed by atoms with E-state index in [0.29, 0.717) is 5.82 Å². The van der Waals surface area contributed by atoms with Crippen LogP contribution < -0.4 is 4.72 Å². The van der Waals surface area contributed by atoms with Gasteiger partial charge in [-0.2, -0.15) is 4.98 Å². The van der Waals surface area contributed by atoms with Gasteiger partial charge in [-0.3, -0.25) is 4.98 Å². The SMILES string of the molecule is Cc1noc(CNS(=O)(=O)c2cccnc2)n1. The Bertz CT molecular complexity index is 594. The number of hydrogen-bond acceptors (Lipinski definition) is 6. The fourth-order valence-corrected chi connectivity index (χ4v) is 2.10. The second-order valence-corrected chi connectivity index (χ2v) is 5.02. The molecule has 0 fully saturated rings. The molecule has 8 heteroatoms. The summed E-state index contributed by atoms with van der Waals surface area (Å²) >= 11 is 0. The van der Waals surface area contributed by atoms with Crippen molar-refractivity contribution in [2.75, 3.05) is 0 Å². The summed E-state index contributed by atoms with van der Waals surface area (Å²) < 4.78 is 30.7. The van der Waals surface area contributed by atoms with Crippen molar-refractivity contribution < 1.29 is 12.9 Å². The first-order chi connectivity index (χ1) is 8.08. The van der Waals surface area contributed by atoms with Crippen LogP contribution in [0, 0.1) is 6.92 Å². The number of aromatic nitrogens is 3. The van der Waals surface area contributed by atoms with Crippen LogP contribution in [0.25, 0.3) is 0 Å². The molecule has 0 bridgehead atoms. The average molecular weight is 254 g/mol. The maximum absolute atomic E-state index is 11.8. The zero-order valence-electron chi connectivity index (χ0n) is 8.99. The number of nitrogens with zero attached hydrogens (tertiary/aromatic N) is 3. The molecule has 0 aliphatic rings. The van der Waals surface area contributed by atoms with Crippen LogP contribution in [0.3, 0.4) is 0 Å². The molecule has 17 heavy (non-hydrogen) atoms. The topological polar surface area (TPSA) is 98.0 Å². The first-order valence-corrected chi connectivity index (χ1v) is 6.25.